The molecule has 1 rings (SSSR count). The molecule has 62 valence electrons. The fourth-order valence-electron chi connectivity index (χ4n) is 0.564. The minimum Gasteiger partial charge on any atom is -0.257 e. The number of hydrogen-bond acceptors (Lipinski definition) is 5. The van der Waals surface area contributed by atoms with Crippen molar-refractivity contribution in [1.29, 1.82) is 5.41 Å². The number of aromatic nitrogens is 3. The van der Waals surface area contributed by atoms with Crippen molar-refractivity contribution < 1.29 is 0 Å². The van der Waals surface area contributed by atoms with Crippen LogP contribution in [0.2, 0.25) is 0 Å². The highest BCUT2D eigenvalue weighted by Gasteiger charge is 1.98. The SMILES string of the molecule is N=C=Nn1c(=O)[nH]c(=O)[nH]c1=O. The van der Waals surface area contributed by atoms with Crippen LogP contribution < -0.4 is 17.1 Å². The molecular weight excluding hydrogens is 166 g/mol. The van der Waals surface area contributed by atoms with Gasteiger partial charge in [0.25, 0.3) is 0 Å². The molecule has 8 heteroatoms. The molecule has 0 bridgehead atoms. The Labute approximate surface area is 63.7 Å². The van der Waals surface area contributed by atoms with Crippen molar-refractivity contribution in [3.8, 4) is 0 Å². The molecule has 0 aliphatic heterocycles. The van der Waals surface area contributed by atoms with Gasteiger partial charge in [0.15, 0.2) is 0 Å². The Kier molecular flexibility index (Phi) is 1.84. The summed E-state index contributed by atoms with van der Waals surface area (Å²) in [7, 11) is 0. The van der Waals surface area contributed by atoms with Gasteiger partial charge in [0.05, 0.1) is 0 Å². The van der Waals surface area contributed by atoms with Crippen molar-refractivity contribution >= 4 is 6.01 Å². The van der Waals surface area contributed by atoms with Gasteiger partial charge < -0.3 is 0 Å². The summed E-state index contributed by atoms with van der Waals surface area (Å²) in [5.41, 5.74) is -2.94. The molecule has 8 nitrogen and oxygen atoms in total. The molecule has 0 saturated heterocycles. The quantitative estimate of drug-likeness (QED) is 0.411. The highest BCUT2D eigenvalue weighted by molar-refractivity contribution is 5.35. The standard InChI is InChI=1S/C4H3N5O3/c5-1-6-9-3(11)7-2(10)8-4(9)12/h5H,(H2,7,8,10,11,12). The molecule has 3 N–H and O–H groups in total. The molecule has 0 atom stereocenters. The summed E-state index contributed by atoms with van der Waals surface area (Å²) >= 11 is 0. The zero-order chi connectivity index (χ0) is 9.14. The van der Waals surface area contributed by atoms with Gasteiger partial charge in [-0.05, 0) is 0 Å². The summed E-state index contributed by atoms with van der Waals surface area (Å²) < 4.78 is 0.272. The van der Waals surface area contributed by atoms with E-state index in [1.807, 2.05) is 0 Å². The first-order chi connectivity index (χ1) is 5.65. The van der Waals surface area contributed by atoms with E-state index in [4.69, 9.17) is 5.41 Å². The highest BCUT2D eigenvalue weighted by atomic mass is 16.2. The number of nitrogens with zero attached hydrogens (tertiary/aromatic N) is 2. The molecule has 0 radical (unpaired) electrons. The lowest BCUT2D eigenvalue weighted by atomic mass is 11.0. The smallest absolute Gasteiger partial charge is 0.257 e. The fourth-order valence-corrected chi connectivity index (χ4v) is 0.564. The Bertz CT molecular complexity index is 464. The maximum atomic E-state index is 10.7. The highest BCUT2D eigenvalue weighted by Crippen LogP contribution is 1.56. The molecule has 0 fully saturated rings. The molecule has 0 amide bonds. The van der Waals surface area contributed by atoms with E-state index < -0.39 is 17.1 Å². The maximum Gasteiger partial charge on any atom is 0.355 e. The molecule has 0 aliphatic rings. The number of H-pyrrole nitrogens is 2. The van der Waals surface area contributed by atoms with Gasteiger partial charge in [-0.3, -0.25) is 9.97 Å². The third-order valence-electron chi connectivity index (χ3n) is 0.976. The summed E-state index contributed by atoms with van der Waals surface area (Å²) in [6, 6.07) is 1.48. The van der Waals surface area contributed by atoms with Crippen molar-refractivity contribution in [2.75, 3.05) is 0 Å². The lowest BCUT2D eigenvalue weighted by molar-refractivity contribution is 0.695. The van der Waals surface area contributed by atoms with Gasteiger partial charge >= 0.3 is 17.1 Å². The van der Waals surface area contributed by atoms with Crippen LogP contribution in [-0.4, -0.2) is 20.7 Å². The minimum atomic E-state index is -1.01. The first-order valence-corrected chi connectivity index (χ1v) is 2.73. The predicted octanol–water partition coefficient (Wildman–Crippen LogP) is -2.26. The molecule has 0 spiro atoms. The topological polar surface area (TPSA) is 124 Å². The maximum absolute atomic E-state index is 10.7. The fraction of sp³-hybridized carbons (Fsp3) is 0. The van der Waals surface area contributed by atoms with Gasteiger partial charge in [-0.1, -0.05) is 5.10 Å². The summed E-state index contributed by atoms with van der Waals surface area (Å²) in [4.78, 5) is 35.4. The number of nitrogens with one attached hydrogen (secondary N) is 3. The second-order valence-electron chi connectivity index (χ2n) is 1.71. The normalized spacial score (nSPS) is 9.00. The Morgan fingerprint density at radius 2 is 1.75 bits per heavy atom. The Morgan fingerprint density at radius 1 is 1.25 bits per heavy atom. The van der Waals surface area contributed by atoms with Gasteiger partial charge in [0.1, 0.15) is 6.01 Å². The van der Waals surface area contributed by atoms with Crippen LogP contribution in [0.4, 0.5) is 0 Å². The Balaban J connectivity index is 3.72. The average molecular weight is 169 g/mol. The second kappa shape index (κ2) is 2.81. The largest absolute Gasteiger partial charge is 0.355 e. The first-order valence-electron chi connectivity index (χ1n) is 2.73. The van der Waals surface area contributed by atoms with Crippen molar-refractivity contribution in [2.24, 2.45) is 5.10 Å². The van der Waals surface area contributed by atoms with Gasteiger partial charge in [-0.2, -0.15) is 0 Å². The van der Waals surface area contributed by atoms with Crippen molar-refractivity contribution in [3.63, 3.8) is 0 Å². The summed E-state index contributed by atoms with van der Waals surface area (Å²) in [6.07, 6.45) is 0. The van der Waals surface area contributed by atoms with E-state index in [2.05, 4.69) is 5.10 Å². The lowest BCUT2D eigenvalue weighted by Crippen LogP contribution is -2.41. The number of hydrogen-bond donors (Lipinski definition) is 3. The molecule has 0 aromatic carbocycles. The molecule has 0 aliphatic carbocycles. The lowest BCUT2D eigenvalue weighted by Gasteiger charge is -1.88. The van der Waals surface area contributed by atoms with Crippen LogP contribution in [0.5, 0.6) is 0 Å². The Morgan fingerprint density at radius 3 is 2.17 bits per heavy atom. The van der Waals surface area contributed by atoms with E-state index in [-0.39, 0.29) is 4.68 Å². The molecule has 12 heavy (non-hydrogen) atoms. The van der Waals surface area contributed by atoms with Gasteiger partial charge in [0.2, 0.25) is 0 Å². The van der Waals surface area contributed by atoms with Gasteiger partial charge in [0, 0.05) is 0 Å². The monoisotopic (exact) mass is 169 g/mol. The summed E-state index contributed by atoms with van der Waals surface area (Å²) in [5.74, 6) is 0. The van der Waals surface area contributed by atoms with Crippen LogP contribution in [0.1, 0.15) is 0 Å². The van der Waals surface area contributed by atoms with Crippen molar-refractivity contribution in [2.45, 2.75) is 0 Å². The van der Waals surface area contributed by atoms with Gasteiger partial charge in [-0.25, -0.2) is 19.8 Å². The van der Waals surface area contributed by atoms with Gasteiger partial charge in [-0.15, -0.1) is 4.68 Å². The van der Waals surface area contributed by atoms with Crippen LogP contribution >= 0.6 is 0 Å². The van der Waals surface area contributed by atoms with Crippen LogP contribution in [0.3, 0.4) is 0 Å². The summed E-state index contributed by atoms with van der Waals surface area (Å²) in [5, 5.41) is 9.32. The van der Waals surface area contributed by atoms with Crippen molar-refractivity contribution in [3.05, 3.63) is 31.5 Å². The van der Waals surface area contributed by atoms with E-state index in [0.717, 1.165) is 0 Å². The molecule has 1 aromatic rings. The predicted molar refractivity (Wildman–Crippen MR) is 37.5 cm³/mol. The van der Waals surface area contributed by atoms with Crippen LogP contribution in [0, 0.1) is 5.41 Å². The van der Waals surface area contributed by atoms with Crippen LogP contribution in [0.15, 0.2) is 19.5 Å². The number of aromatic amines is 2. The van der Waals surface area contributed by atoms with E-state index in [9.17, 15) is 14.4 Å². The summed E-state index contributed by atoms with van der Waals surface area (Å²) in [6.45, 7) is 0. The average Bonchev–Trinajstić information content (AvgIpc) is 1.96. The van der Waals surface area contributed by atoms with Crippen LogP contribution in [0.25, 0.3) is 0 Å². The molecule has 0 unspecified atom stereocenters. The third-order valence-corrected chi connectivity index (χ3v) is 0.976. The molecule has 1 heterocycles. The first kappa shape index (κ1) is 7.89. The van der Waals surface area contributed by atoms with Crippen LogP contribution in [-0.2, 0) is 0 Å². The van der Waals surface area contributed by atoms with E-state index in [1.165, 1.54) is 6.01 Å². The molecular formula is C4H3N5O3. The van der Waals surface area contributed by atoms with E-state index in [0.29, 0.717) is 0 Å². The van der Waals surface area contributed by atoms with E-state index >= 15 is 0 Å². The zero-order valence-corrected chi connectivity index (χ0v) is 5.62. The van der Waals surface area contributed by atoms with E-state index in [1.54, 1.807) is 9.97 Å². The number of rotatable bonds is 1. The Hall–Kier alpha value is -2.21. The molecule has 0 saturated carbocycles. The second-order valence-corrected chi connectivity index (χ2v) is 1.71. The minimum absolute atomic E-state index is 0.272. The molecule has 1 aromatic heterocycles. The zero-order valence-electron chi connectivity index (χ0n) is 5.62. The van der Waals surface area contributed by atoms with Crippen molar-refractivity contribution in [1.82, 2.24) is 14.6 Å². The third kappa shape index (κ3) is 1.27.